The molecule has 4 nitrogen and oxygen atoms in total. The number of aromatic nitrogens is 2. The summed E-state index contributed by atoms with van der Waals surface area (Å²) < 4.78 is 13.4. The zero-order chi connectivity index (χ0) is 15.5. The molecule has 0 bridgehead atoms. The topological polar surface area (TPSA) is 75.6 Å². The van der Waals surface area contributed by atoms with Crippen molar-refractivity contribution in [2.45, 2.75) is 0 Å². The van der Waals surface area contributed by atoms with E-state index in [0.29, 0.717) is 22.5 Å². The number of nitrogen functional groups attached to an aromatic ring is 1. The van der Waals surface area contributed by atoms with E-state index in [1.807, 2.05) is 6.07 Å². The molecule has 0 saturated heterocycles. The van der Waals surface area contributed by atoms with Crippen LogP contribution in [0.3, 0.4) is 0 Å². The lowest BCUT2D eigenvalue weighted by Crippen LogP contribution is -2.00. The third-order valence-electron chi connectivity index (χ3n) is 3.22. The van der Waals surface area contributed by atoms with E-state index in [-0.39, 0.29) is 17.2 Å². The van der Waals surface area contributed by atoms with Crippen LogP contribution in [0.4, 0.5) is 10.2 Å². The van der Waals surface area contributed by atoms with Gasteiger partial charge in [-0.25, -0.2) is 9.37 Å². The Morgan fingerprint density at radius 1 is 1.05 bits per heavy atom. The van der Waals surface area contributed by atoms with Crippen molar-refractivity contribution < 1.29 is 4.39 Å². The molecule has 3 rings (SSSR count). The molecule has 0 saturated carbocycles. The van der Waals surface area contributed by atoms with E-state index in [9.17, 15) is 9.65 Å². The first-order valence-electron chi connectivity index (χ1n) is 6.57. The van der Waals surface area contributed by atoms with Crippen LogP contribution in [0.1, 0.15) is 5.56 Å². The maximum absolute atomic E-state index is 13.4. The van der Waals surface area contributed by atoms with E-state index in [1.165, 1.54) is 12.1 Å². The second kappa shape index (κ2) is 5.62. The Balaban J connectivity index is 2.24. The van der Waals surface area contributed by atoms with Gasteiger partial charge >= 0.3 is 0 Å². The summed E-state index contributed by atoms with van der Waals surface area (Å²) in [4.78, 5) is 8.44. The van der Waals surface area contributed by atoms with Gasteiger partial charge in [-0.1, -0.05) is 18.2 Å². The molecule has 1 aromatic carbocycles. The van der Waals surface area contributed by atoms with Gasteiger partial charge in [-0.05, 0) is 30.3 Å². The summed E-state index contributed by atoms with van der Waals surface area (Å²) in [6.07, 6.45) is 1.63. The lowest BCUT2D eigenvalue weighted by molar-refractivity contribution is 0.628. The fourth-order valence-corrected chi connectivity index (χ4v) is 2.20. The minimum absolute atomic E-state index is 0.102. The largest absolute Gasteiger partial charge is 0.383 e. The SMILES string of the molecule is N#Cc1c(-c2ccccn2)cc(-c2cccc(F)c2)nc1N. The van der Waals surface area contributed by atoms with Crippen molar-refractivity contribution in [2.24, 2.45) is 0 Å². The molecule has 22 heavy (non-hydrogen) atoms. The highest BCUT2D eigenvalue weighted by atomic mass is 19.1. The van der Waals surface area contributed by atoms with E-state index in [1.54, 1.807) is 36.5 Å². The van der Waals surface area contributed by atoms with Gasteiger partial charge in [0.1, 0.15) is 23.3 Å². The van der Waals surface area contributed by atoms with Crippen LogP contribution in [-0.4, -0.2) is 9.97 Å². The molecular formula is C17H11FN4. The second-order valence-electron chi connectivity index (χ2n) is 4.65. The number of benzene rings is 1. The van der Waals surface area contributed by atoms with Crippen molar-refractivity contribution in [3.8, 4) is 28.6 Å². The molecule has 0 radical (unpaired) electrons. The molecule has 2 aromatic heterocycles. The minimum Gasteiger partial charge on any atom is -0.383 e. The van der Waals surface area contributed by atoms with Gasteiger partial charge in [-0.2, -0.15) is 5.26 Å². The summed E-state index contributed by atoms with van der Waals surface area (Å²) in [7, 11) is 0. The Labute approximate surface area is 126 Å². The molecule has 2 N–H and O–H groups in total. The first-order valence-corrected chi connectivity index (χ1v) is 6.57. The van der Waals surface area contributed by atoms with Crippen LogP contribution in [0.15, 0.2) is 54.7 Å². The highest BCUT2D eigenvalue weighted by Gasteiger charge is 2.14. The van der Waals surface area contributed by atoms with Gasteiger partial charge in [-0.15, -0.1) is 0 Å². The predicted octanol–water partition coefficient (Wildman–Crippen LogP) is 3.40. The maximum Gasteiger partial charge on any atom is 0.142 e. The molecule has 2 heterocycles. The van der Waals surface area contributed by atoms with Crippen molar-refractivity contribution in [1.82, 2.24) is 9.97 Å². The Hall–Kier alpha value is -3.26. The Morgan fingerprint density at radius 2 is 1.91 bits per heavy atom. The predicted molar refractivity (Wildman–Crippen MR) is 82.0 cm³/mol. The number of nitrogens with zero attached hydrogens (tertiary/aromatic N) is 3. The maximum atomic E-state index is 13.4. The number of anilines is 1. The number of rotatable bonds is 2. The lowest BCUT2D eigenvalue weighted by atomic mass is 10.0. The van der Waals surface area contributed by atoms with E-state index < -0.39 is 0 Å². The second-order valence-corrected chi connectivity index (χ2v) is 4.65. The van der Waals surface area contributed by atoms with Gasteiger partial charge in [0.2, 0.25) is 0 Å². The van der Waals surface area contributed by atoms with Crippen molar-refractivity contribution >= 4 is 5.82 Å². The molecule has 0 amide bonds. The third kappa shape index (κ3) is 2.50. The highest BCUT2D eigenvalue weighted by molar-refractivity contribution is 5.78. The molecule has 0 atom stereocenters. The summed E-state index contributed by atoms with van der Waals surface area (Å²) >= 11 is 0. The lowest BCUT2D eigenvalue weighted by Gasteiger charge is -2.09. The van der Waals surface area contributed by atoms with E-state index in [2.05, 4.69) is 16.0 Å². The van der Waals surface area contributed by atoms with Crippen LogP contribution in [0.5, 0.6) is 0 Å². The van der Waals surface area contributed by atoms with Crippen LogP contribution >= 0.6 is 0 Å². The van der Waals surface area contributed by atoms with Crippen LogP contribution < -0.4 is 5.73 Å². The van der Waals surface area contributed by atoms with Crippen LogP contribution in [0, 0.1) is 17.1 Å². The molecule has 106 valence electrons. The number of hydrogen-bond acceptors (Lipinski definition) is 4. The first-order chi connectivity index (χ1) is 10.7. The molecule has 0 fully saturated rings. The van der Waals surface area contributed by atoms with E-state index in [0.717, 1.165) is 0 Å². The van der Waals surface area contributed by atoms with Gasteiger partial charge in [0.05, 0.1) is 11.4 Å². The van der Waals surface area contributed by atoms with Gasteiger partial charge < -0.3 is 5.73 Å². The smallest absolute Gasteiger partial charge is 0.142 e. The Kier molecular flexibility index (Phi) is 3.50. The van der Waals surface area contributed by atoms with Crippen molar-refractivity contribution in [2.75, 3.05) is 5.73 Å². The third-order valence-corrected chi connectivity index (χ3v) is 3.22. The minimum atomic E-state index is -0.360. The molecule has 3 aromatic rings. The number of halogens is 1. The van der Waals surface area contributed by atoms with Crippen LogP contribution in [0.2, 0.25) is 0 Å². The number of hydrogen-bond donors (Lipinski definition) is 1. The quantitative estimate of drug-likeness (QED) is 0.784. The molecule has 5 heteroatoms. The molecule has 0 spiro atoms. The number of nitriles is 1. The van der Waals surface area contributed by atoms with Gasteiger partial charge in [0, 0.05) is 17.3 Å². The zero-order valence-electron chi connectivity index (χ0n) is 11.5. The normalized spacial score (nSPS) is 10.2. The summed E-state index contributed by atoms with van der Waals surface area (Å²) in [5, 5.41) is 9.31. The summed E-state index contributed by atoms with van der Waals surface area (Å²) in [5.74, 6) is -0.258. The summed E-state index contributed by atoms with van der Waals surface area (Å²) in [5.41, 5.74) is 8.44. The first kappa shape index (κ1) is 13.7. The molecule has 0 aliphatic carbocycles. The van der Waals surface area contributed by atoms with Crippen LogP contribution in [0.25, 0.3) is 22.5 Å². The monoisotopic (exact) mass is 290 g/mol. The fraction of sp³-hybridized carbons (Fsp3) is 0. The molecule has 0 unspecified atom stereocenters. The number of nitrogens with two attached hydrogens (primary N) is 1. The Bertz CT molecular complexity index is 870. The summed E-state index contributed by atoms with van der Waals surface area (Å²) in [6.45, 7) is 0. The fourth-order valence-electron chi connectivity index (χ4n) is 2.20. The van der Waals surface area contributed by atoms with E-state index in [4.69, 9.17) is 5.73 Å². The van der Waals surface area contributed by atoms with Crippen molar-refractivity contribution in [3.05, 3.63) is 66.1 Å². The van der Waals surface area contributed by atoms with Gasteiger partial charge in [0.25, 0.3) is 0 Å². The van der Waals surface area contributed by atoms with Gasteiger partial charge in [0.15, 0.2) is 0 Å². The van der Waals surface area contributed by atoms with Crippen molar-refractivity contribution in [1.29, 1.82) is 5.26 Å². The molecule has 0 aliphatic heterocycles. The van der Waals surface area contributed by atoms with Crippen LogP contribution in [-0.2, 0) is 0 Å². The average molecular weight is 290 g/mol. The molecule has 0 aliphatic rings. The Morgan fingerprint density at radius 3 is 2.59 bits per heavy atom. The average Bonchev–Trinajstić information content (AvgIpc) is 2.55. The molecular weight excluding hydrogens is 279 g/mol. The van der Waals surface area contributed by atoms with Gasteiger partial charge in [-0.3, -0.25) is 4.98 Å². The highest BCUT2D eigenvalue weighted by Crippen LogP contribution is 2.30. The van der Waals surface area contributed by atoms with Crippen molar-refractivity contribution in [3.63, 3.8) is 0 Å². The summed E-state index contributed by atoms with van der Waals surface area (Å²) in [6, 6.07) is 15.2. The number of pyridine rings is 2. The zero-order valence-corrected chi connectivity index (χ0v) is 11.5. The van der Waals surface area contributed by atoms with E-state index >= 15 is 0 Å². The standard InChI is InChI=1S/C17H11FN4/c18-12-5-3-4-11(8-12)16-9-13(14(10-19)17(20)22-16)15-6-1-2-7-21-15/h1-9H,(H2,20,22).